The van der Waals surface area contributed by atoms with Gasteiger partial charge < -0.3 is 10.4 Å². The SMILES string of the molecule is CCc1c(C)cc(C(=O)O)cc1NC(C)=O. The Hall–Kier alpha value is -1.84. The minimum Gasteiger partial charge on any atom is -0.478 e. The maximum Gasteiger partial charge on any atom is 0.335 e. The number of hydrogen-bond donors (Lipinski definition) is 2. The van der Waals surface area contributed by atoms with E-state index >= 15 is 0 Å². The Morgan fingerprint density at radius 1 is 1.38 bits per heavy atom. The fourth-order valence-electron chi connectivity index (χ4n) is 1.71. The normalized spacial score (nSPS) is 9.94. The third-order valence-electron chi connectivity index (χ3n) is 2.38. The Morgan fingerprint density at radius 3 is 2.44 bits per heavy atom. The molecule has 4 heteroatoms. The van der Waals surface area contributed by atoms with E-state index in [1.165, 1.54) is 13.0 Å². The third kappa shape index (κ3) is 2.59. The van der Waals surface area contributed by atoms with Gasteiger partial charge in [0.25, 0.3) is 0 Å². The minimum absolute atomic E-state index is 0.193. The van der Waals surface area contributed by atoms with Gasteiger partial charge in [0.2, 0.25) is 5.91 Å². The van der Waals surface area contributed by atoms with E-state index in [-0.39, 0.29) is 11.5 Å². The Labute approximate surface area is 94.3 Å². The number of carbonyl (C=O) groups is 2. The molecule has 0 atom stereocenters. The van der Waals surface area contributed by atoms with Gasteiger partial charge in [-0.05, 0) is 36.6 Å². The molecule has 16 heavy (non-hydrogen) atoms. The average molecular weight is 221 g/mol. The van der Waals surface area contributed by atoms with Crippen LogP contribution in [0.2, 0.25) is 0 Å². The first-order valence-electron chi connectivity index (χ1n) is 5.10. The number of carboxylic acid groups (broad SMARTS) is 1. The number of benzene rings is 1. The van der Waals surface area contributed by atoms with E-state index < -0.39 is 5.97 Å². The summed E-state index contributed by atoms with van der Waals surface area (Å²) in [6, 6.07) is 3.11. The van der Waals surface area contributed by atoms with Crippen LogP contribution in [0.5, 0.6) is 0 Å². The molecule has 0 fully saturated rings. The highest BCUT2D eigenvalue weighted by atomic mass is 16.4. The van der Waals surface area contributed by atoms with E-state index in [0.717, 1.165) is 17.5 Å². The highest BCUT2D eigenvalue weighted by Crippen LogP contribution is 2.23. The van der Waals surface area contributed by atoms with Crippen molar-refractivity contribution in [3.8, 4) is 0 Å². The van der Waals surface area contributed by atoms with Gasteiger partial charge in [0.05, 0.1) is 5.56 Å². The summed E-state index contributed by atoms with van der Waals surface area (Å²) in [7, 11) is 0. The molecule has 0 aliphatic heterocycles. The molecule has 0 heterocycles. The topological polar surface area (TPSA) is 66.4 Å². The summed E-state index contributed by atoms with van der Waals surface area (Å²) in [4.78, 5) is 21.9. The number of aryl methyl sites for hydroxylation is 1. The van der Waals surface area contributed by atoms with E-state index in [9.17, 15) is 9.59 Å². The zero-order chi connectivity index (χ0) is 12.3. The van der Waals surface area contributed by atoms with Crippen molar-refractivity contribution in [1.29, 1.82) is 0 Å². The molecule has 1 rings (SSSR count). The molecule has 0 saturated carbocycles. The lowest BCUT2D eigenvalue weighted by atomic mass is 10.0. The molecule has 1 amide bonds. The molecule has 0 radical (unpaired) electrons. The smallest absolute Gasteiger partial charge is 0.335 e. The summed E-state index contributed by atoms with van der Waals surface area (Å²) in [5, 5.41) is 11.6. The summed E-state index contributed by atoms with van der Waals surface area (Å²) in [5.74, 6) is -1.19. The van der Waals surface area contributed by atoms with Gasteiger partial charge in [-0.2, -0.15) is 0 Å². The molecule has 0 aliphatic carbocycles. The van der Waals surface area contributed by atoms with Gasteiger partial charge in [-0.1, -0.05) is 6.92 Å². The van der Waals surface area contributed by atoms with Crippen molar-refractivity contribution >= 4 is 17.6 Å². The molecular weight excluding hydrogens is 206 g/mol. The predicted octanol–water partition coefficient (Wildman–Crippen LogP) is 2.21. The lowest BCUT2D eigenvalue weighted by Crippen LogP contribution is -2.10. The second-order valence-corrected chi connectivity index (χ2v) is 3.66. The summed E-state index contributed by atoms with van der Waals surface area (Å²) in [6.45, 7) is 5.22. The summed E-state index contributed by atoms with van der Waals surface area (Å²) < 4.78 is 0. The first-order chi connectivity index (χ1) is 7.45. The van der Waals surface area contributed by atoms with Crippen LogP contribution in [0.25, 0.3) is 0 Å². The van der Waals surface area contributed by atoms with Crippen molar-refractivity contribution < 1.29 is 14.7 Å². The van der Waals surface area contributed by atoms with E-state index in [4.69, 9.17) is 5.11 Å². The van der Waals surface area contributed by atoms with Crippen LogP contribution < -0.4 is 5.32 Å². The maximum atomic E-state index is 11.0. The van der Waals surface area contributed by atoms with Crippen LogP contribution in [-0.2, 0) is 11.2 Å². The van der Waals surface area contributed by atoms with Crippen molar-refractivity contribution in [2.45, 2.75) is 27.2 Å². The number of nitrogens with one attached hydrogen (secondary N) is 1. The van der Waals surface area contributed by atoms with Crippen LogP contribution in [0.4, 0.5) is 5.69 Å². The Kier molecular flexibility index (Phi) is 3.66. The van der Waals surface area contributed by atoms with E-state index in [1.807, 2.05) is 13.8 Å². The standard InChI is InChI=1S/C12H15NO3/c1-4-10-7(2)5-9(12(15)16)6-11(10)13-8(3)14/h5-6H,4H2,1-3H3,(H,13,14)(H,15,16). The molecule has 2 N–H and O–H groups in total. The number of aromatic carboxylic acids is 1. The first kappa shape index (κ1) is 12.2. The molecule has 0 bridgehead atoms. The van der Waals surface area contributed by atoms with E-state index in [2.05, 4.69) is 5.32 Å². The van der Waals surface area contributed by atoms with Crippen molar-refractivity contribution in [3.63, 3.8) is 0 Å². The number of amides is 1. The number of carbonyl (C=O) groups excluding carboxylic acids is 1. The first-order valence-corrected chi connectivity index (χ1v) is 5.10. The Bertz CT molecular complexity index is 438. The molecule has 0 unspecified atom stereocenters. The van der Waals surface area contributed by atoms with Gasteiger partial charge >= 0.3 is 5.97 Å². The molecular formula is C12H15NO3. The van der Waals surface area contributed by atoms with E-state index in [1.54, 1.807) is 6.07 Å². The number of hydrogen-bond acceptors (Lipinski definition) is 2. The van der Waals surface area contributed by atoms with Gasteiger partial charge in [0.15, 0.2) is 0 Å². The second-order valence-electron chi connectivity index (χ2n) is 3.66. The van der Waals surface area contributed by atoms with Gasteiger partial charge in [-0.3, -0.25) is 4.79 Å². The molecule has 4 nitrogen and oxygen atoms in total. The highest BCUT2D eigenvalue weighted by Gasteiger charge is 2.11. The fourth-order valence-corrected chi connectivity index (χ4v) is 1.71. The zero-order valence-electron chi connectivity index (χ0n) is 9.63. The molecule has 86 valence electrons. The van der Waals surface area contributed by atoms with Crippen molar-refractivity contribution in [2.75, 3.05) is 5.32 Å². The van der Waals surface area contributed by atoms with Crippen LogP contribution >= 0.6 is 0 Å². The largest absolute Gasteiger partial charge is 0.478 e. The number of anilines is 1. The fraction of sp³-hybridized carbons (Fsp3) is 0.333. The van der Waals surface area contributed by atoms with Crippen molar-refractivity contribution in [3.05, 3.63) is 28.8 Å². The molecule has 0 aromatic heterocycles. The van der Waals surface area contributed by atoms with Gasteiger partial charge in [-0.25, -0.2) is 4.79 Å². The molecule has 0 saturated heterocycles. The minimum atomic E-state index is -0.989. The number of rotatable bonds is 3. The molecule has 1 aromatic rings. The van der Waals surface area contributed by atoms with Crippen LogP contribution in [0.1, 0.15) is 35.3 Å². The van der Waals surface area contributed by atoms with Gasteiger partial charge in [-0.15, -0.1) is 0 Å². The van der Waals surface area contributed by atoms with Crippen molar-refractivity contribution in [1.82, 2.24) is 0 Å². The van der Waals surface area contributed by atoms with Gasteiger partial charge in [0.1, 0.15) is 0 Å². The Balaban J connectivity index is 3.30. The van der Waals surface area contributed by atoms with Crippen LogP contribution in [0.3, 0.4) is 0 Å². The second kappa shape index (κ2) is 4.79. The predicted molar refractivity (Wildman–Crippen MR) is 61.8 cm³/mol. The summed E-state index contributed by atoms with van der Waals surface area (Å²) in [5.41, 5.74) is 2.64. The van der Waals surface area contributed by atoms with Crippen LogP contribution in [-0.4, -0.2) is 17.0 Å². The number of carboxylic acids is 1. The van der Waals surface area contributed by atoms with Crippen molar-refractivity contribution in [2.24, 2.45) is 0 Å². The summed E-state index contributed by atoms with van der Waals surface area (Å²) >= 11 is 0. The average Bonchev–Trinajstić information content (AvgIpc) is 2.16. The monoisotopic (exact) mass is 221 g/mol. The maximum absolute atomic E-state index is 11.0. The van der Waals surface area contributed by atoms with E-state index in [0.29, 0.717) is 5.69 Å². The molecule has 1 aromatic carbocycles. The van der Waals surface area contributed by atoms with Gasteiger partial charge in [0, 0.05) is 12.6 Å². The third-order valence-corrected chi connectivity index (χ3v) is 2.38. The highest BCUT2D eigenvalue weighted by molar-refractivity contribution is 5.94. The lowest BCUT2D eigenvalue weighted by molar-refractivity contribution is -0.114. The summed E-state index contributed by atoms with van der Waals surface area (Å²) in [6.07, 6.45) is 0.751. The molecule has 0 aliphatic rings. The zero-order valence-corrected chi connectivity index (χ0v) is 9.63. The van der Waals surface area contributed by atoms with Crippen LogP contribution in [0.15, 0.2) is 12.1 Å². The van der Waals surface area contributed by atoms with Crippen LogP contribution in [0, 0.1) is 6.92 Å². The lowest BCUT2D eigenvalue weighted by Gasteiger charge is -2.12. The molecule has 0 spiro atoms. The Morgan fingerprint density at radius 2 is 2.00 bits per heavy atom. The quantitative estimate of drug-likeness (QED) is 0.822.